The van der Waals surface area contributed by atoms with Gasteiger partial charge in [-0.05, 0) is 200 Å². The van der Waals surface area contributed by atoms with Crippen LogP contribution in [0.5, 0.6) is 0 Å². The minimum Gasteiger partial charge on any atom is -0.311 e. The van der Waals surface area contributed by atoms with Crippen molar-refractivity contribution in [2.24, 2.45) is 0 Å². The smallest absolute Gasteiger partial charge is 0.252 e. The molecule has 2 aliphatic rings. The van der Waals surface area contributed by atoms with E-state index < -0.39 is 0 Å². The largest absolute Gasteiger partial charge is 0.311 e. The fourth-order valence-electron chi connectivity index (χ4n) is 12.0. The lowest BCUT2D eigenvalue weighted by molar-refractivity contribution is 0.439. The van der Waals surface area contributed by atoms with Crippen molar-refractivity contribution in [3.05, 3.63) is 234 Å². The number of benzene rings is 9. The van der Waals surface area contributed by atoms with E-state index in [4.69, 9.17) is 0 Å². The molecule has 0 atom stereocenters. The van der Waals surface area contributed by atoms with Gasteiger partial charge in [-0.2, -0.15) is 0 Å². The Bertz CT molecular complexity index is 3260. The van der Waals surface area contributed by atoms with Gasteiger partial charge >= 0.3 is 0 Å². The van der Waals surface area contributed by atoms with Gasteiger partial charge in [-0.1, -0.05) is 156 Å². The Balaban J connectivity index is 1.16. The summed E-state index contributed by atoms with van der Waals surface area (Å²) >= 11 is 0. The SMILES string of the molecule is CCC(C)(CC)c1ccc(N(c2ccc(C)cc2)c2cc3c(cc2C)B2c4cc(C)c(N(c5ccc(C)cc5)c5ccc(C(C)(CC)CC)cc5)cc4N(c4ccccc4)c4cccc(c42)N3c2ccccc2)cc1. The summed E-state index contributed by atoms with van der Waals surface area (Å²) in [6.07, 6.45) is 4.38. The molecule has 2 aliphatic heterocycles. The topological polar surface area (TPSA) is 13.0 Å². The van der Waals surface area contributed by atoms with Crippen LogP contribution < -0.4 is 36.0 Å². The first-order valence-electron chi connectivity index (χ1n) is 27.5. The fourth-order valence-corrected chi connectivity index (χ4v) is 12.0. The van der Waals surface area contributed by atoms with E-state index in [1.54, 1.807) is 0 Å². The number of anilines is 12. The molecule has 2 heterocycles. The standard InChI is InChI=1S/C70H71BN4/c1-11-69(9,12-2)52-32-40-58(41-33-52)72(56-36-28-48(5)29-37-56)64-46-66-60(44-50(64)7)71-61-45-51(8)65(73(57-38-30-49(6)31-39-57)59-42-34-53(35-43-59)70(10,13-3)14-4)47-67(61)75(55-24-19-16-20-25-55)63-27-21-26-62(68(63)71)74(66)54-22-17-15-18-23-54/h15-47H,11-14H2,1-10H3. The third kappa shape index (κ3) is 8.61. The Hall–Kier alpha value is -7.76. The molecule has 0 unspecified atom stereocenters. The van der Waals surface area contributed by atoms with Crippen LogP contribution in [0.15, 0.2) is 200 Å². The van der Waals surface area contributed by atoms with Crippen molar-refractivity contribution in [2.45, 2.75) is 106 Å². The van der Waals surface area contributed by atoms with Crippen molar-refractivity contribution >= 4 is 91.3 Å². The van der Waals surface area contributed by atoms with Crippen molar-refractivity contribution in [2.75, 3.05) is 19.6 Å². The summed E-state index contributed by atoms with van der Waals surface area (Å²) in [6, 6.07) is 75.8. The van der Waals surface area contributed by atoms with Gasteiger partial charge in [0, 0.05) is 56.9 Å². The van der Waals surface area contributed by atoms with Crippen LogP contribution >= 0.6 is 0 Å². The van der Waals surface area contributed by atoms with Crippen LogP contribution in [-0.4, -0.2) is 6.71 Å². The minimum atomic E-state index is -0.0534. The van der Waals surface area contributed by atoms with E-state index in [9.17, 15) is 0 Å². The van der Waals surface area contributed by atoms with Crippen LogP contribution in [-0.2, 0) is 10.8 Å². The predicted molar refractivity (Wildman–Crippen MR) is 325 cm³/mol. The van der Waals surface area contributed by atoms with E-state index in [0.29, 0.717) is 0 Å². The van der Waals surface area contributed by atoms with Crippen molar-refractivity contribution in [3.8, 4) is 0 Å². The molecule has 9 aromatic carbocycles. The molecule has 0 fully saturated rings. The molecule has 9 aromatic rings. The molecule has 11 rings (SSSR count). The Morgan fingerprint density at radius 3 is 1.04 bits per heavy atom. The summed E-state index contributed by atoms with van der Waals surface area (Å²) in [5, 5.41) is 0. The van der Waals surface area contributed by atoms with Gasteiger partial charge in [-0.25, -0.2) is 0 Å². The lowest BCUT2D eigenvalue weighted by Crippen LogP contribution is -2.61. The zero-order valence-electron chi connectivity index (χ0n) is 45.7. The summed E-state index contributed by atoms with van der Waals surface area (Å²) in [5.41, 5.74) is 25.7. The summed E-state index contributed by atoms with van der Waals surface area (Å²) in [6.45, 7) is 22.9. The maximum absolute atomic E-state index is 2.53. The highest BCUT2D eigenvalue weighted by Gasteiger charge is 2.44. The monoisotopic (exact) mass is 979 g/mol. The second-order valence-electron chi connectivity index (χ2n) is 21.9. The van der Waals surface area contributed by atoms with Crippen LogP contribution in [0.3, 0.4) is 0 Å². The second kappa shape index (κ2) is 19.8. The first-order valence-corrected chi connectivity index (χ1v) is 27.5. The first-order chi connectivity index (χ1) is 36.4. The van der Waals surface area contributed by atoms with Gasteiger partial charge < -0.3 is 19.6 Å². The van der Waals surface area contributed by atoms with E-state index >= 15 is 0 Å². The summed E-state index contributed by atoms with van der Waals surface area (Å²) in [4.78, 5) is 10.0. The van der Waals surface area contributed by atoms with Crippen molar-refractivity contribution in [3.63, 3.8) is 0 Å². The zero-order valence-corrected chi connectivity index (χ0v) is 45.7. The molecule has 0 saturated carbocycles. The van der Waals surface area contributed by atoms with Crippen LogP contribution in [0, 0.1) is 27.7 Å². The van der Waals surface area contributed by atoms with Gasteiger partial charge in [-0.15, -0.1) is 0 Å². The number of para-hydroxylation sites is 2. The average Bonchev–Trinajstić information content (AvgIpc) is 3.49. The minimum absolute atomic E-state index is 0.0534. The lowest BCUT2D eigenvalue weighted by atomic mass is 9.33. The number of rotatable bonds is 14. The van der Waals surface area contributed by atoms with E-state index in [0.717, 1.165) is 71.2 Å². The predicted octanol–water partition coefficient (Wildman–Crippen LogP) is 18.1. The van der Waals surface area contributed by atoms with Gasteiger partial charge in [0.25, 0.3) is 6.71 Å². The van der Waals surface area contributed by atoms with Crippen LogP contribution in [0.4, 0.5) is 68.2 Å². The molecule has 0 aromatic heterocycles. The number of hydrogen-bond donors (Lipinski definition) is 0. The van der Waals surface area contributed by atoms with Gasteiger partial charge in [0.05, 0.1) is 11.4 Å². The van der Waals surface area contributed by atoms with Gasteiger partial charge in [-0.3, -0.25) is 0 Å². The second-order valence-corrected chi connectivity index (χ2v) is 21.9. The molecule has 0 saturated heterocycles. The molecular weight excluding hydrogens is 908 g/mol. The number of fused-ring (bicyclic) bond motifs is 4. The van der Waals surface area contributed by atoms with Crippen molar-refractivity contribution in [1.82, 2.24) is 0 Å². The number of hydrogen-bond acceptors (Lipinski definition) is 4. The van der Waals surface area contributed by atoms with Crippen LogP contribution in [0.2, 0.25) is 0 Å². The Morgan fingerprint density at radius 2 is 0.707 bits per heavy atom. The molecule has 0 N–H and O–H groups in total. The molecule has 4 nitrogen and oxygen atoms in total. The molecule has 0 spiro atoms. The summed E-state index contributed by atoms with van der Waals surface area (Å²) < 4.78 is 0. The van der Waals surface area contributed by atoms with Gasteiger partial charge in [0.1, 0.15) is 0 Å². The molecule has 0 bridgehead atoms. The summed E-state index contributed by atoms with van der Waals surface area (Å²) in [5.74, 6) is 0. The molecule has 374 valence electrons. The number of aryl methyl sites for hydroxylation is 4. The van der Waals surface area contributed by atoms with Crippen LogP contribution in [0.1, 0.15) is 101 Å². The molecule has 0 radical (unpaired) electrons. The summed E-state index contributed by atoms with van der Waals surface area (Å²) in [7, 11) is 0. The Kier molecular flexibility index (Phi) is 13.1. The van der Waals surface area contributed by atoms with Crippen molar-refractivity contribution in [1.29, 1.82) is 0 Å². The molecule has 75 heavy (non-hydrogen) atoms. The molecular formula is C70H71BN4. The Morgan fingerprint density at radius 1 is 0.373 bits per heavy atom. The maximum atomic E-state index is 2.53. The lowest BCUT2D eigenvalue weighted by Gasteiger charge is -2.45. The van der Waals surface area contributed by atoms with Crippen molar-refractivity contribution < 1.29 is 0 Å². The maximum Gasteiger partial charge on any atom is 0.252 e. The van der Waals surface area contributed by atoms with Crippen LogP contribution in [0.25, 0.3) is 0 Å². The van der Waals surface area contributed by atoms with Gasteiger partial charge in [0.15, 0.2) is 0 Å². The third-order valence-corrected chi connectivity index (χ3v) is 17.5. The Labute approximate surface area is 448 Å². The molecule has 0 aliphatic carbocycles. The van der Waals surface area contributed by atoms with E-state index in [2.05, 4.69) is 289 Å². The zero-order chi connectivity index (χ0) is 52.2. The highest BCUT2D eigenvalue weighted by Crippen LogP contribution is 2.49. The fraction of sp³-hybridized carbons (Fsp3) is 0.229. The average molecular weight is 979 g/mol. The molecule has 0 amide bonds. The highest BCUT2D eigenvalue weighted by atomic mass is 15.2. The van der Waals surface area contributed by atoms with E-state index in [-0.39, 0.29) is 17.5 Å². The van der Waals surface area contributed by atoms with E-state index in [1.165, 1.54) is 72.5 Å². The van der Waals surface area contributed by atoms with E-state index in [1.807, 2.05) is 0 Å². The first kappa shape index (κ1) is 49.5. The molecule has 5 heteroatoms. The third-order valence-electron chi connectivity index (χ3n) is 17.5. The van der Waals surface area contributed by atoms with Gasteiger partial charge in [0.2, 0.25) is 0 Å². The highest BCUT2D eigenvalue weighted by molar-refractivity contribution is 7.00. The number of nitrogens with zero attached hydrogens (tertiary/aromatic N) is 4. The normalized spacial score (nSPS) is 12.8. The quantitative estimate of drug-likeness (QED) is 0.101.